The predicted molar refractivity (Wildman–Crippen MR) is 119 cm³/mol. The molecule has 0 aliphatic carbocycles. The van der Waals surface area contributed by atoms with Crippen molar-refractivity contribution in [3.05, 3.63) is 99.1 Å². The molecule has 4 rings (SSSR count). The number of amides is 3. The number of aromatic hydroxyl groups is 1. The molecule has 166 valence electrons. The van der Waals surface area contributed by atoms with Gasteiger partial charge in [0.25, 0.3) is 17.5 Å². The summed E-state index contributed by atoms with van der Waals surface area (Å²) >= 11 is 0. The van der Waals surface area contributed by atoms with Gasteiger partial charge in [0.1, 0.15) is 11.8 Å². The summed E-state index contributed by atoms with van der Waals surface area (Å²) in [6.07, 6.45) is -0.0675. The monoisotopic (exact) mass is 445 g/mol. The zero-order valence-electron chi connectivity index (χ0n) is 17.5. The molecular formula is C24H19N3O6. The zero-order chi connectivity index (χ0) is 23.7. The van der Waals surface area contributed by atoms with E-state index in [2.05, 4.69) is 5.32 Å². The molecule has 3 aromatic rings. The van der Waals surface area contributed by atoms with E-state index >= 15 is 0 Å². The van der Waals surface area contributed by atoms with E-state index in [1.54, 1.807) is 25.1 Å². The summed E-state index contributed by atoms with van der Waals surface area (Å²) < 4.78 is 0. The Morgan fingerprint density at radius 3 is 2.18 bits per heavy atom. The third kappa shape index (κ3) is 4.16. The molecule has 1 heterocycles. The topological polar surface area (TPSA) is 130 Å². The first kappa shape index (κ1) is 21.7. The minimum absolute atomic E-state index is 0.0675. The highest BCUT2D eigenvalue weighted by molar-refractivity contribution is 6.23. The Morgan fingerprint density at radius 1 is 1.03 bits per heavy atom. The van der Waals surface area contributed by atoms with E-state index < -0.39 is 28.7 Å². The van der Waals surface area contributed by atoms with Crippen LogP contribution in [0.3, 0.4) is 0 Å². The lowest BCUT2D eigenvalue weighted by Crippen LogP contribution is -2.48. The van der Waals surface area contributed by atoms with Crippen LogP contribution >= 0.6 is 0 Å². The number of aryl methyl sites for hydroxylation is 1. The summed E-state index contributed by atoms with van der Waals surface area (Å²) in [6.45, 7) is 1.78. The Bertz CT molecular complexity index is 1250. The number of anilines is 1. The van der Waals surface area contributed by atoms with Gasteiger partial charge in [-0.3, -0.25) is 29.4 Å². The third-order valence-corrected chi connectivity index (χ3v) is 5.43. The second-order valence-electron chi connectivity index (χ2n) is 7.68. The molecular weight excluding hydrogens is 426 g/mol. The highest BCUT2D eigenvalue weighted by Crippen LogP contribution is 2.29. The van der Waals surface area contributed by atoms with Crippen LogP contribution in [0.2, 0.25) is 0 Å². The number of carbonyl (C=O) groups is 3. The van der Waals surface area contributed by atoms with E-state index in [1.165, 1.54) is 48.5 Å². The molecule has 0 unspecified atom stereocenters. The molecule has 0 saturated carbocycles. The lowest BCUT2D eigenvalue weighted by atomic mass is 10.0. The first-order chi connectivity index (χ1) is 15.8. The maximum absolute atomic E-state index is 13.3. The number of rotatable bonds is 6. The third-order valence-electron chi connectivity index (χ3n) is 5.43. The molecule has 9 nitrogen and oxygen atoms in total. The van der Waals surface area contributed by atoms with Gasteiger partial charge in [0, 0.05) is 18.6 Å². The number of nitrogens with zero attached hydrogens (tertiary/aromatic N) is 2. The Labute approximate surface area is 188 Å². The molecule has 0 saturated heterocycles. The highest BCUT2D eigenvalue weighted by Gasteiger charge is 2.42. The minimum Gasteiger partial charge on any atom is -0.506 e. The summed E-state index contributed by atoms with van der Waals surface area (Å²) in [6, 6.07) is 15.3. The first-order valence-corrected chi connectivity index (χ1v) is 10.1. The number of nitro benzene ring substituents is 1. The molecule has 3 amide bonds. The Morgan fingerprint density at radius 2 is 1.64 bits per heavy atom. The fourth-order valence-corrected chi connectivity index (χ4v) is 3.73. The molecule has 33 heavy (non-hydrogen) atoms. The number of hydrogen-bond acceptors (Lipinski definition) is 6. The number of hydrogen-bond donors (Lipinski definition) is 2. The van der Waals surface area contributed by atoms with Crippen LogP contribution in [-0.2, 0) is 11.2 Å². The molecule has 1 aliphatic rings. The van der Waals surface area contributed by atoms with Gasteiger partial charge < -0.3 is 10.4 Å². The highest BCUT2D eigenvalue weighted by atomic mass is 16.6. The fraction of sp³-hybridized carbons (Fsp3) is 0.125. The van der Waals surface area contributed by atoms with Crippen LogP contribution in [0.4, 0.5) is 11.4 Å². The van der Waals surface area contributed by atoms with E-state index in [0.29, 0.717) is 5.56 Å². The van der Waals surface area contributed by atoms with E-state index in [9.17, 15) is 29.6 Å². The van der Waals surface area contributed by atoms with Crippen LogP contribution in [0.1, 0.15) is 31.8 Å². The maximum atomic E-state index is 13.3. The normalized spacial score (nSPS) is 13.5. The average molecular weight is 445 g/mol. The lowest BCUT2D eigenvalue weighted by molar-refractivity contribution is -0.384. The van der Waals surface area contributed by atoms with Crippen LogP contribution in [-0.4, -0.2) is 38.7 Å². The number of nitrogens with one attached hydrogen (secondary N) is 1. The van der Waals surface area contributed by atoms with Crippen LogP contribution in [0.5, 0.6) is 5.75 Å². The summed E-state index contributed by atoms with van der Waals surface area (Å²) in [7, 11) is 0. The van der Waals surface area contributed by atoms with Gasteiger partial charge in [-0.1, -0.05) is 30.3 Å². The van der Waals surface area contributed by atoms with Gasteiger partial charge in [-0.2, -0.15) is 0 Å². The van der Waals surface area contributed by atoms with E-state index in [4.69, 9.17) is 0 Å². The summed E-state index contributed by atoms with van der Waals surface area (Å²) in [5.74, 6) is -2.04. The van der Waals surface area contributed by atoms with Crippen molar-refractivity contribution < 1.29 is 24.4 Å². The van der Waals surface area contributed by atoms with Gasteiger partial charge in [0.15, 0.2) is 0 Å². The molecule has 3 aromatic carbocycles. The summed E-state index contributed by atoms with van der Waals surface area (Å²) in [4.78, 5) is 50.7. The van der Waals surface area contributed by atoms with Gasteiger partial charge in [-0.25, -0.2) is 0 Å². The predicted octanol–water partition coefficient (Wildman–Crippen LogP) is 3.45. The van der Waals surface area contributed by atoms with Gasteiger partial charge in [-0.15, -0.1) is 0 Å². The largest absolute Gasteiger partial charge is 0.506 e. The van der Waals surface area contributed by atoms with Crippen molar-refractivity contribution in [2.75, 3.05) is 5.32 Å². The smallest absolute Gasteiger partial charge is 0.269 e. The standard InChI is InChI=1S/C24H19N3O6/c1-14-6-11-19(21(28)12-14)25-22(29)20(13-15-7-9-16(10-8-15)27(32)33)26-23(30)17-4-2-3-5-18(17)24(26)31/h2-12,20,28H,13H2,1H3,(H,25,29)/t20-/m0/s1. The van der Waals surface area contributed by atoms with Gasteiger partial charge in [-0.05, 0) is 42.3 Å². The number of phenolic OH excluding ortho intramolecular Hbond substituents is 1. The molecule has 0 bridgehead atoms. The Hall–Kier alpha value is -4.53. The van der Waals surface area contributed by atoms with Gasteiger partial charge >= 0.3 is 0 Å². The van der Waals surface area contributed by atoms with E-state index in [1.807, 2.05) is 0 Å². The van der Waals surface area contributed by atoms with Crippen LogP contribution in [0.25, 0.3) is 0 Å². The summed E-state index contributed by atoms with van der Waals surface area (Å²) in [5.41, 5.74) is 1.71. The average Bonchev–Trinajstić information content (AvgIpc) is 3.04. The maximum Gasteiger partial charge on any atom is 0.269 e. The van der Waals surface area contributed by atoms with Gasteiger partial charge in [0.05, 0.1) is 21.7 Å². The van der Waals surface area contributed by atoms with Crippen molar-refractivity contribution in [2.45, 2.75) is 19.4 Å². The SMILES string of the molecule is Cc1ccc(NC(=O)[C@H](Cc2ccc([N+](=O)[O-])cc2)N2C(=O)c3ccccc3C2=O)c(O)c1. The van der Waals surface area contributed by atoms with Crippen molar-refractivity contribution >= 4 is 29.1 Å². The second kappa shape index (κ2) is 8.54. The van der Waals surface area contributed by atoms with Crippen molar-refractivity contribution in [1.82, 2.24) is 4.90 Å². The van der Waals surface area contributed by atoms with E-state index in [-0.39, 0.29) is 34.7 Å². The van der Waals surface area contributed by atoms with Crippen LogP contribution in [0.15, 0.2) is 66.7 Å². The Kier molecular flexibility index (Phi) is 5.61. The molecule has 2 N–H and O–H groups in total. The zero-order valence-corrected chi connectivity index (χ0v) is 17.5. The number of carbonyl (C=O) groups excluding carboxylic acids is 3. The van der Waals surface area contributed by atoms with Crippen molar-refractivity contribution in [1.29, 1.82) is 0 Å². The molecule has 1 atom stereocenters. The fourth-order valence-electron chi connectivity index (χ4n) is 3.73. The number of fused-ring (bicyclic) bond motifs is 1. The quantitative estimate of drug-likeness (QED) is 0.259. The molecule has 0 radical (unpaired) electrons. The second-order valence-corrected chi connectivity index (χ2v) is 7.68. The van der Waals surface area contributed by atoms with Gasteiger partial charge in [0.2, 0.25) is 5.91 Å². The molecule has 0 aromatic heterocycles. The van der Waals surface area contributed by atoms with Crippen molar-refractivity contribution in [3.63, 3.8) is 0 Å². The molecule has 9 heteroatoms. The van der Waals surface area contributed by atoms with E-state index in [0.717, 1.165) is 10.5 Å². The van der Waals surface area contributed by atoms with Crippen LogP contribution in [0, 0.1) is 17.0 Å². The number of nitro groups is 1. The minimum atomic E-state index is -1.25. The molecule has 0 spiro atoms. The number of benzene rings is 3. The molecule has 1 aliphatic heterocycles. The molecule has 0 fully saturated rings. The number of non-ortho nitro benzene ring substituents is 1. The lowest BCUT2D eigenvalue weighted by Gasteiger charge is -2.25. The number of phenols is 1. The summed E-state index contributed by atoms with van der Waals surface area (Å²) in [5, 5.41) is 23.7. The van der Waals surface area contributed by atoms with Crippen molar-refractivity contribution in [3.8, 4) is 5.75 Å². The van der Waals surface area contributed by atoms with Crippen molar-refractivity contribution in [2.24, 2.45) is 0 Å². The first-order valence-electron chi connectivity index (χ1n) is 10.1. The van der Waals surface area contributed by atoms with Crippen LogP contribution < -0.4 is 5.32 Å². The number of imide groups is 1. The Balaban J connectivity index is 1.69.